The largest absolute Gasteiger partial charge is 0.304 e. The van der Waals surface area contributed by atoms with Gasteiger partial charge in [-0.2, -0.15) is 0 Å². The van der Waals surface area contributed by atoms with Crippen LogP contribution in [0.5, 0.6) is 0 Å². The number of rotatable bonds is 2. The zero-order valence-electron chi connectivity index (χ0n) is 13.1. The second-order valence-corrected chi connectivity index (χ2v) is 7.60. The van der Waals surface area contributed by atoms with Gasteiger partial charge in [-0.25, -0.2) is 0 Å². The van der Waals surface area contributed by atoms with Crippen LogP contribution in [0.3, 0.4) is 0 Å². The van der Waals surface area contributed by atoms with Crippen molar-refractivity contribution in [2.75, 3.05) is 39.8 Å². The first-order chi connectivity index (χ1) is 8.86. The molecule has 0 amide bonds. The summed E-state index contributed by atoms with van der Waals surface area (Å²) in [7, 11) is 2.18. The van der Waals surface area contributed by atoms with Crippen molar-refractivity contribution in [3.63, 3.8) is 0 Å². The molecule has 0 aromatic rings. The standard InChI is InChI=1S/C16H30N2O/c1-16(2,3)14-5-6-15(19)13(11-14)12-18-9-7-17(4)8-10-18/h13-14H,5-12H2,1-4H3. The number of likely N-dealkylation sites (N-methyl/N-ethyl adjacent to an activating group) is 1. The molecule has 0 bridgehead atoms. The Kier molecular flexibility index (Phi) is 4.67. The van der Waals surface area contributed by atoms with Gasteiger partial charge in [0.25, 0.3) is 0 Å². The van der Waals surface area contributed by atoms with Crippen LogP contribution in [0, 0.1) is 17.3 Å². The molecule has 1 heterocycles. The molecule has 2 fully saturated rings. The fourth-order valence-electron chi connectivity index (χ4n) is 3.42. The van der Waals surface area contributed by atoms with Crippen molar-refractivity contribution in [1.29, 1.82) is 0 Å². The molecule has 1 saturated heterocycles. The van der Waals surface area contributed by atoms with E-state index in [0.29, 0.717) is 23.0 Å². The average Bonchev–Trinajstić information content (AvgIpc) is 2.33. The second-order valence-electron chi connectivity index (χ2n) is 7.60. The molecular weight excluding hydrogens is 236 g/mol. The van der Waals surface area contributed by atoms with Crippen LogP contribution in [0.1, 0.15) is 40.0 Å². The van der Waals surface area contributed by atoms with Crippen molar-refractivity contribution in [3.05, 3.63) is 0 Å². The molecule has 0 aromatic heterocycles. The van der Waals surface area contributed by atoms with Crippen molar-refractivity contribution in [1.82, 2.24) is 9.80 Å². The highest BCUT2D eigenvalue weighted by molar-refractivity contribution is 5.82. The molecule has 2 rings (SSSR count). The summed E-state index contributed by atoms with van der Waals surface area (Å²) in [5.74, 6) is 1.52. The van der Waals surface area contributed by atoms with E-state index in [-0.39, 0.29) is 0 Å². The summed E-state index contributed by atoms with van der Waals surface area (Å²) in [6.45, 7) is 12.5. The van der Waals surface area contributed by atoms with Gasteiger partial charge in [-0.1, -0.05) is 20.8 Å². The number of ketones is 1. The van der Waals surface area contributed by atoms with Crippen molar-refractivity contribution in [3.8, 4) is 0 Å². The zero-order valence-corrected chi connectivity index (χ0v) is 13.1. The monoisotopic (exact) mass is 266 g/mol. The van der Waals surface area contributed by atoms with Gasteiger partial charge in [0, 0.05) is 45.1 Å². The highest BCUT2D eigenvalue weighted by Crippen LogP contribution is 2.39. The molecule has 19 heavy (non-hydrogen) atoms. The van der Waals surface area contributed by atoms with Crippen molar-refractivity contribution >= 4 is 5.78 Å². The van der Waals surface area contributed by atoms with Crippen LogP contribution >= 0.6 is 0 Å². The van der Waals surface area contributed by atoms with Gasteiger partial charge in [-0.3, -0.25) is 4.79 Å². The van der Waals surface area contributed by atoms with E-state index in [1.807, 2.05) is 0 Å². The number of nitrogens with zero attached hydrogens (tertiary/aromatic N) is 2. The lowest BCUT2D eigenvalue weighted by molar-refractivity contribution is -0.127. The second kappa shape index (κ2) is 5.92. The molecule has 3 heteroatoms. The molecule has 1 saturated carbocycles. The summed E-state index contributed by atoms with van der Waals surface area (Å²) in [5, 5.41) is 0. The third kappa shape index (κ3) is 4.03. The van der Waals surface area contributed by atoms with E-state index in [4.69, 9.17) is 0 Å². The van der Waals surface area contributed by atoms with Gasteiger partial charge in [0.1, 0.15) is 5.78 Å². The smallest absolute Gasteiger partial charge is 0.137 e. The Morgan fingerprint density at radius 2 is 1.79 bits per heavy atom. The van der Waals surface area contributed by atoms with E-state index < -0.39 is 0 Å². The average molecular weight is 266 g/mol. The van der Waals surface area contributed by atoms with E-state index in [2.05, 4.69) is 37.6 Å². The molecule has 0 N–H and O–H groups in total. The minimum atomic E-state index is 0.293. The molecule has 0 aromatic carbocycles. The van der Waals surface area contributed by atoms with Crippen LogP contribution in [-0.4, -0.2) is 55.4 Å². The van der Waals surface area contributed by atoms with Gasteiger partial charge in [-0.05, 0) is 31.2 Å². The van der Waals surface area contributed by atoms with Crippen molar-refractivity contribution in [2.24, 2.45) is 17.3 Å². The Labute approximate surface area is 118 Å². The summed E-state index contributed by atoms with van der Waals surface area (Å²) >= 11 is 0. The molecule has 1 aliphatic heterocycles. The van der Waals surface area contributed by atoms with Crippen LogP contribution in [0.25, 0.3) is 0 Å². The number of hydrogen-bond acceptors (Lipinski definition) is 3. The molecular formula is C16H30N2O. The first-order valence-electron chi connectivity index (χ1n) is 7.80. The quantitative estimate of drug-likeness (QED) is 0.766. The lowest BCUT2D eigenvalue weighted by Crippen LogP contribution is -2.48. The minimum Gasteiger partial charge on any atom is -0.304 e. The predicted octanol–water partition coefficient (Wildman–Crippen LogP) is 2.27. The summed E-state index contributed by atoms with van der Waals surface area (Å²) in [5.41, 5.74) is 0.348. The molecule has 3 nitrogen and oxygen atoms in total. The topological polar surface area (TPSA) is 23.6 Å². The van der Waals surface area contributed by atoms with Gasteiger partial charge in [-0.15, -0.1) is 0 Å². The molecule has 0 spiro atoms. The molecule has 110 valence electrons. The Bertz CT molecular complexity index is 313. The first-order valence-corrected chi connectivity index (χ1v) is 7.80. The highest BCUT2D eigenvalue weighted by Gasteiger charge is 2.35. The molecule has 2 aliphatic rings. The van der Waals surface area contributed by atoms with Crippen LogP contribution in [0.4, 0.5) is 0 Å². The van der Waals surface area contributed by atoms with Crippen LogP contribution in [0.2, 0.25) is 0 Å². The number of hydrogen-bond donors (Lipinski definition) is 0. The number of piperazine rings is 1. The van der Waals surface area contributed by atoms with Gasteiger partial charge in [0.15, 0.2) is 0 Å². The number of carbonyl (C=O) groups excluding carboxylic acids is 1. The van der Waals surface area contributed by atoms with Crippen molar-refractivity contribution < 1.29 is 4.79 Å². The molecule has 0 radical (unpaired) electrons. The Morgan fingerprint density at radius 1 is 1.16 bits per heavy atom. The fourth-order valence-corrected chi connectivity index (χ4v) is 3.42. The lowest BCUT2D eigenvalue weighted by atomic mass is 9.68. The first kappa shape index (κ1) is 15.0. The number of carbonyl (C=O) groups is 1. The third-order valence-corrected chi connectivity index (χ3v) is 5.06. The van der Waals surface area contributed by atoms with Gasteiger partial charge >= 0.3 is 0 Å². The number of Topliss-reactive ketones (excluding diaryl/α,β-unsaturated/α-hetero) is 1. The fraction of sp³-hybridized carbons (Fsp3) is 0.938. The maximum Gasteiger partial charge on any atom is 0.137 e. The molecule has 2 unspecified atom stereocenters. The summed E-state index contributed by atoms with van der Waals surface area (Å²) < 4.78 is 0. The molecule has 1 aliphatic carbocycles. The predicted molar refractivity (Wildman–Crippen MR) is 79.2 cm³/mol. The SMILES string of the molecule is CN1CCN(CC2CC(C(C)(C)C)CCC2=O)CC1. The van der Waals surface area contributed by atoms with E-state index in [1.54, 1.807) is 0 Å². The van der Waals surface area contributed by atoms with E-state index in [9.17, 15) is 4.79 Å². The van der Waals surface area contributed by atoms with E-state index in [1.165, 1.54) is 0 Å². The van der Waals surface area contributed by atoms with Crippen molar-refractivity contribution in [2.45, 2.75) is 40.0 Å². The van der Waals surface area contributed by atoms with E-state index in [0.717, 1.165) is 52.0 Å². The van der Waals surface area contributed by atoms with Crippen LogP contribution < -0.4 is 0 Å². The third-order valence-electron chi connectivity index (χ3n) is 5.06. The Hall–Kier alpha value is -0.410. The zero-order chi connectivity index (χ0) is 14.0. The summed E-state index contributed by atoms with van der Waals surface area (Å²) in [6.07, 6.45) is 3.01. The maximum absolute atomic E-state index is 12.2. The highest BCUT2D eigenvalue weighted by atomic mass is 16.1. The Balaban J connectivity index is 1.89. The van der Waals surface area contributed by atoms with Gasteiger partial charge < -0.3 is 9.80 Å². The minimum absolute atomic E-state index is 0.293. The normalized spacial score (nSPS) is 31.7. The van der Waals surface area contributed by atoms with E-state index >= 15 is 0 Å². The Morgan fingerprint density at radius 3 is 2.37 bits per heavy atom. The molecule has 2 atom stereocenters. The maximum atomic E-state index is 12.2. The lowest BCUT2D eigenvalue weighted by Gasteiger charge is -2.40. The van der Waals surface area contributed by atoms with Crippen LogP contribution in [-0.2, 0) is 4.79 Å². The van der Waals surface area contributed by atoms with Gasteiger partial charge in [0.05, 0.1) is 0 Å². The summed E-state index contributed by atoms with van der Waals surface area (Å²) in [6, 6.07) is 0. The van der Waals surface area contributed by atoms with Crippen LogP contribution in [0.15, 0.2) is 0 Å². The summed E-state index contributed by atoms with van der Waals surface area (Å²) in [4.78, 5) is 17.0. The van der Waals surface area contributed by atoms with Gasteiger partial charge in [0.2, 0.25) is 0 Å².